The Morgan fingerprint density at radius 1 is 1.21 bits per heavy atom. The Hall–Kier alpha value is -1.65. The van der Waals surface area contributed by atoms with Gasteiger partial charge >= 0.3 is 6.18 Å². The zero-order chi connectivity index (χ0) is 19.9. The van der Waals surface area contributed by atoms with Crippen molar-refractivity contribution in [2.75, 3.05) is 13.1 Å². The summed E-state index contributed by atoms with van der Waals surface area (Å²) in [5, 5.41) is 8.96. The quantitative estimate of drug-likeness (QED) is 0.800. The van der Waals surface area contributed by atoms with Crippen LogP contribution in [0.1, 0.15) is 35.1 Å². The average Bonchev–Trinajstić information content (AvgIpc) is 3.14. The molecule has 0 saturated carbocycles. The third-order valence-electron chi connectivity index (χ3n) is 5.45. The van der Waals surface area contributed by atoms with Crippen molar-refractivity contribution in [3.63, 3.8) is 0 Å². The molecule has 2 atom stereocenters. The van der Waals surface area contributed by atoms with Gasteiger partial charge in [-0.2, -0.15) is 13.2 Å². The van der Waals surface area contributed by atoms with Crippen LogP contribution in [0.15, 0.2) is 33.5 Å². The van der Waals surface area contributed by atoms with Crippen molar-refractivity contribution in [3.05, 3.63) is 34.8 Å². The number of alkyl halides is 3. The van der Waals surface area contributed by atoms with Crippen molar-refractivity contribution in [3.8, 4) is 0 Å². The van der Waals surface area contributed by atoms with Gasteiger partial charge in [0, 0.05) is 22.5 Å². The Balaban J connectivity index is 1.39. The van der Waals surface area contributed by atoms with Crippen LogP contribution in [0.2, 0.25) is 0 Å². The third-order valence-corrected chi connectivity index (χ3v) is 7.47. The predicted molar refractivity (Wildman–Crippen MR) is 100 cm³/mol. The zero-order valence-electron chi connectivity index (χ0n) is 15.1. The first-order valence-electron chi connectivity index (χ1n) is 9.05. The Morgan fingerprint density at radius 3 is 2.46 bits per heavy atom. The number of amides is 1. The standard InChI is InChI=1S/C18H19F3N4OS2/c1-10-14(11-6-8-25(10)9-7-11)22-15(26)12-2-4-13(5-3-12)27-17-24-23-16(28-17)18(19,20)21/h2-5,10-11,14H,6-9H2,1H3,(H,22,26)/t10-,14-/m0/s1. The number of hydrogen-bond donors (Lipinski definition) is 1. The van der Waals surface area contributed by atoms with Gasteiger partial charge in [-0.15, -0.1) is 10.2 Å². The summed E-state index contributed by atoms with van der Waals surface area (Å²) in [6.45, 7) is 4.37. The fourth-order valence-electron chi connectivity index (χ4n) is 3.92. The molecule has 10 heteroatoms. The van der Waals surface area contributed by atoms with Crippen LogP contribution in [0.25, 0.3) is 0 Å². The highest BCUT2D eigenvalue weighted by molar-refractivity contribution is 8.01. The molecule has 1 N–H and O–H groups in total. The Morgan fingerprint density at radius 2 is 1.89 bits per heavy atom. The van der Waals surface area contributed by atoms with Gasteiger partial charge < -0.3 is 5.32 Å². The lowest BCUT2D eigenvalue weighted by atomic mass is 9.79. The molecule has 1 aromatic heterocycles. The van der Waals surface area contributed by atoms with E-state index in [1.165, 1.54) is 0 Å². The van der Waals surface area contributed by atoms with E-state index in [4.69, 9.17) is 0 Å². The number of nitrogens with one attached hydrogen (secondary N) is 1. The average molecular weight is 429 g/mol. The number of nitrogens with zero attached hydrogens (tertiary/aromatic N) is 3. The number of hydrogen-bond acceptors (Lipinski definition) is 6. The molecule has 5 rings (SSSR count). The van der Waals surface area contributed by atoms with Crippen molar-refractivity contribution in [1.29, 1.82) is 0 Å². The molecule has 2 aromatic rings. The van der Waals surface area contributed by atoms with Crippen molar-refractivity contribution in [1.82, 2.24) is 20.4 Å². The molecule has 0 radical (unpaired) electrons. The molecule has 28 heavy (non-hydrogen) atoms. The van der Waals surface area contributed by atoms with Crippen molar-refractivity contribution in [2.24, 2.45) is 5.92 Å². The van der Waals surface area contributed by atoms with Gasteiger partial charge in [0.15, 0.2) is 4.34 Å². The van der Waals surface area contributed by atoms with Crippen LogP contribution < -0.4 is 5.32 Å². The highest BCUT2D eigenvalue weighted by atomic mass is 32.2. The summed E-state index contributed by atoms with van der Waals surface area (Å²) in [6, 6.07) is 7.31. The largest absolute Gasteiger partial charge is 0.445 e. The highest BCUT2D eigenvalue weighted by Gasteiger charge is 2.40. The van der Waals surface area contributed by atoms with Gasteiger partial charge in [-0.05, 0) is 63.0 Å². The highest BCUT2D eigenvalue weighted by Crippen LogP contribution is 2.37. The maximum atomic E-state index is 12.6. The van der Waals surface area contributed by atoms with Gasteiger partial charge in [-0.3, -0.25) is 9.69 Å². The first kappa shape index (κ1) is 19.7. The second kappa shape index (κ2) is 7.64. The van der Waals surface area contributed by atoms with E-state index in [1.807, 2.05) is 0 Å². The molecule has 1 amide bonds. The molecule has 150 valence electrons. The van der Waals surface area contributed by atoms with Crippen LogP contribution in [0.3, 0.4) is 0 Å². The molecule has 0 spiro atoms. The molecular formula is C18H19F3N4OS2. The molecule has 3 aliphatic rings. The van der Waals surface area contributed by atoms with E-state index >= 15 is 0 Å². The molecule has 5 nitrogen and oxygen atoms in total. The number of carbonyl (C=O) groups is 1. The molecule has 3 aliphatic heterocycles. The summed E-state index contributed by atoms with van der Waals surface area (Å²) in [4.78, 5) is 15.8. The molecule has 2 bridgehead atoms. The van der Waals surface area contributed by atoms with Crippen LogP contribution in [0, 0.1) is 5.92 Å². The Bertz CT molecular complexity index is 845. The van der Waals surface area contributed by atoms with E-state index in [1.54, 1.807) is 24.3 Å². The summed E-state index contributed by atoms with van der Waals surface area (Å²) in [6.07, 6.45) is -2.25. The number of aromatic nitrogens is 2. The SMILES string of the molecule is C[C@H]1[C@H](NC(=O)c2ccc(Sc3nnc(C(F)(F)F)s3)cc2)C2CCN1CC2. The molecule has 0 unspecified atom stereocenters. The van der Waals surface area contributed by atoms with Crippen LogP contribution in [0.4, 0.5) is 13.2 Å². The minimum absolute atomic E-state index is 0.113. The number of carbonyl (C=O) groups excluding carboxylic acids is 1. The van der Waals surface area contributed by atoms with E-state index in [0.29, 0.717) is 33.8 Å². The van der Waals surface area contributed by atoms with Gasteiger partial charge in [-0.25, -0.2) is 0 Å². The summed E-state index contributed by atoms with van der Waals surface area (Å²) in [5.74, 6) is 0.413. The van der Waals surface area contributed by atoms with Gasteiger partial charge in [0.25, 0.3) is 5.91 Å². The smallest absolute Gasteiger partial charge is 0.347 e. The minimum atomic E-state index is -4.48. The first-order chi connectivity index (χ1) is 13.3. The number of fused-ring (bicyclic) bond motifs is 3. The normalized spacial score (nSPS) is 27.0. The minimum Gasteiger partial charge on any atom is -0.347 e. The van der Waals surface area contributed by atoms with E-state index < -0.39 is 11.2 Å². The van der Waals surface area contributed by atoms with E-state index in [-0.39, 0.29) is 16.3 Å². The van der Waals surface area contributed by atoms with Gasteiger partial charge in [0.2, 0.25) is 5.01 Å². The zero-order valence-corrected chi connectivity index (χ0v) is 16.7. The molecule has 3 fully saturated rings. The number of rotatable bonds is 4. The Kier molecular flexibility index (Phi) is 5.36. The number of benzene rings is 1. The monoisotopic (exact) mass is 428 g/mol. The topological polar surface area (TPSA) is 58.1 Å². The Labute approximate surface area is 168 Å². The van der Waals surface area contributed by atoms with Crippen molar-refractivity contribution < 1.29 is 18.0 Å². The second-order valence-corrected chi connectivity index (χ2v) is 9.41. The summed E-state index contributed by atoms with van der Waals surface area (Å²) in [5.41, 5.74) is 0.543. The van der Waals surface area contributed by atoms with E-state index in [0.717, 1.165) is 37.7 Å². The number of piperidine rings is 3. The summed E-state index contributed by atoms with van der Waals surface area (Å²) in [7, 11) is 0. The maximum absolute atomic E-state index is 12.6. The van der Waals surface area contributed by atoms with Crippen molar-refractivity contribution in [2.45, 2.75) is 47.3 Å². The predicted octanol–water partition coefficient (Wildman–Crippen LogP) is 3.92. The number of halogens is 3. The molecule has 1 aromatic carbocycles. The lowest BCUT2D eigenvalue weighted by Crippen LogP contribution is -2.62. The van der Waals surface area contributed by atoms with Crippen LogP contribution in [-0.4, -0.2) is 46.2 Å². The fourth-order valence-corrected chi connectivity index (χ4v) is 5.61. The molecular weight excluding hydrogens is 409 g/mol. The fraction of sp³-hybridized carbons (Fsp3) is 0.500. The van der Waals surface area contributed by atoms with Gasteiger partial charge in [0.05, 0.1) is 0 Å². The van der Waals surface area contributed by atoms with E-state index in [9.17, 15) is 18.0 Å². The third kappa shape index (κ3) is 4.04. The molecule has 4 heterocycles. The van der Waals surface area contributed by atoms with Gasteiger partial charge in [0.1, 0.15) is 0 Å². The van der Waals surface area contributed by atoms with Crippen LogP contribution in [-0.2, 0) is 6.18 Å². The summed E-state index contributed by atoms with van der Waals surface area (Å²) < 4.78 is 38.0. The summed E-state index contributed by atoms with van der Waals surface area (Å²) >= 11 is 1.60. The van der Waals surface area contributed by atoms with Crippen LogP contribution in [0.5, 0.6) is 0 Å². The van der Waals surface area contributed by atoms with Crippen LogP contribution >= 0.6 is 23.1 Å². The lowest BCUT2D eigenvalue weighted by molar-refractivity contribution is -0.138. The lowest BCUT2D eigenvalue weighted by Gasteiger charge is -2.49. The molecule has 0 aliphatic carbocycles. The first-order valence-corrected chi connectivity index (χ1v) is 10.7. The maximum Gasteiger partial charge on any atom is 0.445 e. The van der Waals surface area contributed by atoms with E-state index in [2.05, 4.69) is 27.3 Å². The second-order valence-electron chi connectivity index (χ2n) is 7.11. The van der Waals surface area contributed by atoms with Gasteiger partial charge in [-0.1, -0.05) is 23.1 Å². The molecule has 3 saturated heterocycles. The van der Waals surface area contributed by atoms with Crippen molar-refractivity contribution >= 4 is 29.0 Å².